The van der Waals surface area contributed by atoms with Gasteiger partial charge in [-0.3, -0.25) is 4.79 Å². The molecular formula is C18H18F3NO3. The van der Waals surface area contributed by atoms with E-state index in [-0.39, 0.29) is 6.54 Å². The molecule has 0 saturated carbocycles. The lowest BCUT2D eigenvalue weighted by Crippen LogP contribution is -2.36. The van der Waals surface area contributed by atoms with Gasteiger partial charge in [-0.15, -0.1) is 0 Å². The highest BCUT2D eigenvalue weighted by molar-refractivity contribution is 5.80. The molecule has 25 heavy (non-hydrogen) atoms. The van der Waals surface area contributed by atoms with E-state index in [0.717, 1.165) is 12.1 Å². The third-order valence-electron chi connectivity index (χ3n) is 3.46. The van der Waals surface area contributed by atoms with Crippen molar-refractivity contribution in [3.8, 4) is 11.5 Å². The Kier molecular flexibility index (Phi) is 5.90. The molecule has 0 spiro atoms. The molecule has 2 rings (SSSR count). The summed E-state index contributed by atoms with van der Waals surface area (Å²) in [6.07, 6.45) is -5.25. The number of rotatable bonds is 6. The molecule has 0 heterocycles. The molecule has 0 saturated heterocycles. The van der Waals surface area contributed by atoms with Crippen molar-refractivity contribution in [2.24, 2.45) is 0 Å². The van der Waals surface area contributed by atoms with Crippen molar-refractivity contribution in [1.29, 1.82) is 0 Å². The molecule has 1 N–H and O–H groups in total. The van der Waals surface area contributed by atoms with Gasteiger partial charge in [0.1, 0.15) is 0 Å². The van der Waals surface area contributed by atoms with E-state index in [2.05, 4.69) is 5.32 Å². The molecule has 0 radical (unpaired) electrons. The van der Waals surface area contributed by atoms with Gasteiger partial charge in [0.05, 0.1) is 12.7 Å². The number of methoxy groups -OCH3 is 1. The number of ether oxygens (including phenoxy) is 2. The Morgan fingerprint density at radius 1 is 1.12 bits per heavy atom. The van der Waals surface area contributed by atoms with Crippen LogP contribution in [0.5, 0.6) is 11.5 Å². The van der Waals surface area contributed by atoms with E-state index >= 15 is 0 Å². The number of hydrogen-bond acceptors (Lipinski definition) is 3. The summed E-state index contributed by atoms with van der Waals surface area (Å²) in [6, 6.07) is 11.7. The van der Waals surface area contributed by atoms with Gasteiger partial charge >= 0.3 is 6.18 Å². The van der Waals surface area contributed by atoms with Crippen molar-refractivity contribution in [3.63, 3.8) is 0 Å². The minimum Gasteiger partial charge on any atom is -0.493 e. The summed E-state index contributed by atoms with van der Waals surface area (Å²) in [4.78, 5) is 12.1. The normalized spacial score (nSPS) is 12.4. The number of para-hydroxylation sites is 2. The van der Waals surface area contributed by atoms with Crippen LogP contribution in [0, 0.1) is 0 Å². The van der Waals surface area contributed by atoms with Crippen LogP contribution >= 0.6 is 0 Å². The van der Waals surface area contributed by atoms with Crippen LogP contribution < -0.4 is 14.8 Å². The van der Waals surface area contributed by atoms with Crippen LogP contribution in [0.15, 0.2) is 48.5 Å². The van der Waals surface area contributed by atoms with Crippen LogP contribution in [0.25, 0.3) is 0 Å². The second kappa shape index (κ2) is 7.92. The topological polar surface area (TPSA) is 47.6 Å². The van der Waals surface area contributed by atoms with Crippen LogP contribution in [-0.2, 0) is 17.5 Å². The van der Waals surface area contributed by atoms with Crippen molar-refractivity contribution in [2.45, 2.75) is 25.7 Å². The maximum atomic E-state index is 12.7. The Labute approximate surface area is 143 Å². The predicted octanol–water partition coefficient (Wildman–Crippen LogP) is 3.80. The van der Waals surface area contributed by atoms with Crippen molar-refractivity contribution in [2.75, 3.05) is 7.11 Å². The highest BCUT2D eigenvalue weighted by atomic mass is 19.4. The van der Waals surface area contributed by atoms with Crippen LogP contribution in [0.1, 0.15) is 18.1 Å². The lowest BCUT2D eigenvalue weighted by molar-refractivity contribution is -0.137. The lowest BCUT2D eigenvalue weighted by atomic mass is 10.1. The quantitative estimate of drug-likeness (QED) is 0.859. The summed E-state index contributed by atoms with van der Waals surface area (Å²) in [6.45, 7) is 1.52. The van der Waals surface area contributed by atoms with Crippen molar-refractivity contribution < 1.29 is 27.4 Å². The molecule has 4 nitrogen and oxygen atoms in total. The second-order valence-electron chi connectivity index (χ2n) is 5.33. The maximum absolute atomic E-state index is 12.7. The van der Waals surface area contributed by atoms with Gasteiger partial charge in [-0.2, -0.15) is 13.2 Å². The minimum absolute atomic E-state index is 0.0254. The van der Waals surface area contributed by atoms with Crippen LogP contribution in [0.4, 0.5) is 13.2 Å². The fourth-order valence-corrected chi connectivity index (χ4v) is 2.15. The van der Waals surface area contributed by atoms with Crippen LogP contribution in [0.2, 0.25) is 0 Å². The first-order valence-corrected chi connectivity index (χ1v) is 7.55. The molecule has 2 aromatic rings. The van der Waals surface area contributed by atoms with E-state index < -0.39 is 23.8 Å². The van der Waals surface area contributed by atoms with Crippen molar-refractivity contribution in [1.82, 2.24) is 5.32 Å². The number of benzene rings is 2. The van der Waals surface area contributed by atoms with Gasteiger partial charge in [0.2, 0.25) is 0 Å². The highest BCUT2D eigenvalue weighted by Crippen LogP contribution is 2.29. The third kappa shape index (κ3) is 5.14. The Morgan fingerprint density at radius 3 is 2.44 bits per heavy atom. The summed E-state index contributed by atoms with van der Waals surface area (Å²) >= 11 is 0. The zero-order valence-electron chi connectivity index (χ0n) is 13.8. The smallest absolute Gasteiger partial charge is 0.416 e. The first kappa shape index (κ1) is 18.6. The Morgan fingerprint density at radius 2 is 1.80 bits per heavy atom. The molecule has 0 fully saturated rings. The highest BCUT2D eigenvalue weighted by Gasteiger charge is 2.30. The van der Waals surface area contributed by atoms with E-state index in [1.54, 1.807) is 31.2 Å². The molecule has 1 atom stereocenters. The number of halogens is 3. The van der Waals surface area contributed by atoms with Gasteiger partial charge in [-0.1, -0.05) is 24.3 Å². The number of hydrogen-bond donors (Lipinski definition) is 1. The van der Waals surface area contributed by atoms with Gasteiger partial charge in [-0.25, -0.2) is 0 Å². The monoisotopic (exact) mass is 353 g/mol. The maximum Gasteiger partial charge on any atom is 0.416 e. The number of carbonyl (C=O) groups excluding carboxylic acids is 1. The Balaban J connectivity index is 1.96. The van der Waals surface area contributed by atoms with Crippen LogP contribution in [-0.4, -0.2) is 19.1 Å². The molecule has 7 heteroatoms. The molecule has 0 unspecified atom stereocenters. The van der Waals surface area contributed by atoms with E-state index in [1.807, 2.05) is 0 Å². The number of nitrogens with one attached hydrogen (secondary N) is 1. The summed E-state index contributed by atoms with van der Waals surface area (Å²) in [5.41, 5.74) is -0.398. The Bertz CT molecular complexity index is 732. The van der Waals surface area contributed by atoms with Gasteiger partial charge in [0.15, 0.2) is 17.6 Å². The van der Waals surface area contributed by atoms with Crippen LogP contribution in [0.3, 0.4) is 0 Å². The van der Waals surface area contributed by atoms with E-state index in [0.29, 0.717) is 17.1 Å². The number of alkyl halides is 3. The predicted molar refractivity (Wildman–Crippen MR) is 86.4 cm³/mol. The summed E-state index contributed by atoms with van der Waals surface area (Å²) in [5.74, 6) is 0.454. The average molecular weight is 353 g/mol. The molecule has 0 bridgehead atoms. The fourth-order valence-electron chi connectivity index (χ4n) is 2.15. The minimum atomic E-state index is -4.42. The first-order chi connectivity index (χ1) is 11.8. The van der Waals surface area contributed by atoms with E-state index in [1.165, 1.54) is 19.2 Å². The van der Waals surface area contributed by atoms with Crippen molar-refractivity contribution in [3.05, 3.63) is 59.7 Å². The number of carbonyl (C=O) groups is 1. The largest absolute Gasteiger partial charge is 0.493 e. The zero-order valence-corrected chi connectivity index (χ0v) is 13.8. The lowest BCUT2D eigenvalue weighted by Gasteiger charge is -2.17. The van der Waals surface area contributed by atoms with Gasteiger partial charge in [-0.05, 0) is 36.8 Å². The first-order valence-electron chi connectivity index (χ1n) is 7.55. The van der Waals surface area contributed by atoms with Gasteiger partial charge in [0.25, 0.3) is 5.91 Å². The Hall–Kier alpha value is -2.70. The molecular weight excluding hydrogens is 335 g/mol. The van der Waals surface area contributed by atoms with E-state index in [4.69, 9.17) is 9.47 Å². The standard InChI is InChI=1S/C18H18F3NO3/c1-12(25-16-9-4-3-8-15(16)24-2)17(23)22-11-13-6-5-7-14(10-13)18(19,20)21/h3-10,12H,11H2,1-2H3,(H,22,23)/t12-/m0/s1. The molecule has 0 aliphatic heterocycles. The summed E-state index contributed by atoms with van der Waals surface area (Å²) in [7, 11) is 1.49. The molecule has 0 aliphatic rings. The van der Waals surface area contributed by atoms with E-state index in [9.17, 15) is 18.0 Å². The number of amides is 1. The summed E-state index contributed by atoms with van der Waals surface area (Å²) in [5, 5.41) is 2.56. The van der Waals surface area contributed by atoms with Gasteiger partial charge < -0.3 is 14.8 Å². The summed E-state index contributed by atoms with van der Waals surface area (Å²) < 4.78 is 48.8. The molecule has 1 amide bonds. The van der Waals surface area contributed by atoms with Gasteiger partial charge in [0, 0.05) is 6.54 Å². The molecule has 0 aromatic heterocycles. The SMILES string of the molecule is COc1ccccc1O[C@@H](C)C(=O)NCc1cccc(C(F)(F)F)c1. The molecule has 2 aromatic carbocycles. The third-order valence-corrected chi connectivity index (χ3v) is 3.46. The zero-order chi connectivity index (χ0) is 18.4. The van der Waals surface area contributed by atoms with Crippen molar-refractivity contribution >= 4 is 5.91 Å². The molecule has 0 aliphatic carbocycles. The average Bonchev–Trinajstić information content (AvgIpc) is 2.59. The fraction of sp³-hybridized carbons (Fsp3) is 0.278. The second-order valence-corrected chi connectivity index (χ2v) is 5.33. The molecule has 134 valence electrons.